The van der Waals surface area contributed by atoms with Gasteiger partial charge in [0.25, 0.3) is 0 Å². The third kappa shape index (κ3) is 4.20. The van der Waals surface area contributed by atoms with Gasteiger partial charge in [-0.3, -0.25) is 0 Å². The zero-order chi connectivity index (χ0) is 14.4. The fraction of sp³-hybridized carbons (Fsp3) is 0.471. The van der Waals surface area contributed by atoms with Gasteiger partial charge in [-0.2, -0.15) is 0 Å². The Balaban J connectivity index is 1.96. The number of nitrogens with zero attached hydrogens (tertiary/aromatic N) is 2. The molecule has 2 rings (SSSR count). The van der Waals surface area contributed by atoms with E-state index < -0.39 is 0 Å². The molecular formula is C17H25N3. The molecule has 108 valence electrons. The Morgan fingerprint density at radius 3 is 2.65 bits per heavy atom. The van der Waals surface area contributed by atoms with Crippen LogP contribution in [0.1, 0.15) is 44.0 Å². The number of aryl methyl sites for hydroxylation is 1. The van der Waals surface area contributed by atoms with Crippen LogP contribution < -0.4 is 5.73 Å². The normalized spacial score (nSPS) is 12.8. The maximum Gasteiger partial charge on any atom is 0.0948 e. The first kappa shape index (κ1) is 14.8. The van der Waals surface area contributed by atoms with Crippen LogP contribution in [0.15, 0.2) is 42.9 Å². The Kier molecular flexibility index (Phi) is 5.36. The summed E-state index contributed by atoms with van der Waals surface area (Å²) in [6, 6.07) is 10.4. The predicted octanol–water partition coefficient (Wildman–Crippen LogP) is 3.56. The lowest BCUT2D eigenvalue weighted by Crippen LogP contribution is -2.18. The predicted molar refractivity (Wildman–Crippen MR) is 83.4 cm³/mol. The average molecular weight is 271 g/mol. The molecule has 0 aliphatic carbocycles. The van der Waals surface area contributed by atoms with Gasteiger partial charge in [0.1, 0.15) is 0 Å². The fourth-order valence-corrected chi connectivity index (χ4v) is 2.47. The Hall–Kier alpha value is -1.61. The quantitative estimate of drug-likeness (QED) is 0.836. The minimum Gasteiger partial charge on any atom is -0.333 e. The van der Waals surface area contributed by atoms with Gasteiger partial charge in [-0.1, -0.05) is 44.2 Å². The Morgan fingerprint density at radius 2 is 1.95 bits per heavy atom. The van der Waals surface area contributed by atoms with Crippen LogP contribution in [0, 0.1) is 5.92 Å². The number of imidazole rings is 1. The Labute approximate surface area is 121 Å². The molecule has 0 saturated carbocycles. The summed E-state index contributed by atoms with van der Waals surface area (Å²) >= 11 is 0. The van der Waals surface area contributed by atoms with E-state index in [-0.39, 0.29) is 6.04 Å². The van der Waals surface area contributed by atoms with Gasteiger partial charge >= 0.3 is 0 Å². The smallest absolute Gasteiger partial charge is 0.0948 e. The lowest BCUT2D eigenvalue weighted by atomic mass is 10.0. The number of nitrogens with two attached hydrogens (primary N) is 1. The van der Waals surface area contributed by atoms with E-state index in [1.807, 2.05) is 18.6 Å². The van der Waals surface area contributed by atoms with Gasteiger partial charge in [-0.15, -0.1) is 0 Å². The second kappa shape index (κ2) is 7.25. The van der Waals surface area contributed by atoms with Crippen molar-refractivity contribution in [1.29, 1.82) is 0 Å². The van der Waals surface area contributed by atoms with Gasteiger partial charge < -0.3 is 10.3 Å². The molecule has 0 aliphatic heterocycles. The molecule has 20 heavy (non-hydrogen) atoms. The van der Waals surface area contributed by atoms with Gasteiger partial charge in [0, 0.05) is 12.7 Å². The monoisotopic (exact) mass is 271 g/mol. The van der Waals surface area contributed by atoms with Crippen molar-refractivity contribution >= 4 is 0 Å². The third-order valence-corrected chi connectivity index (χ3v) is 3.60. The van der Waals surface area contributed by atoms with Gasteiger partial charge in [0.15, 0.2) is 0 Å². The molecule has 0 saturated heterocycles. The number of benzene rings is 1. The van der Waals surface area contributed by atoms with Gasteiger partial charge in [0.05, 0.1) is 18.1 Å². The first-order valence-corrected chi connectivity index (χ1v) is 7.46. The summed E-state index contributed by atoms with van der Waals surface area (Å²) in [4.78, 5) is 4.27. The molecule has 2 N–H and O–H groups in total. The molecule has 0 bridgehead atoms. The molecular weight excluding hydrogens is 246 g/mol. The van der Waals surface area contributed by atoms with Crippen molar-refractivity contribution in [1.82, 2.24) is 9.55 Å². The SMILES string of the molecule is CC(C)CCCn1cncc1[C@H](N)Cc1ccccc1. The summed E-state index contributed by atoms with van der Waals surface area (Å²) in [5.74, 6) is 0.750. The second-order valence-electron chi connectivity index (χ2n) is 5.84. The van der Waals surface area contributed by atoms with Crippen molar-refractivity contribution in [2.45, 2.75) is 45.7 Å². The van der Waals surface area contributed by atoms with Crippen molar-refractivity contribution in [3.8, 4) is 0 Å². The molecule has 0 radical (unpaired) electrons. The molecule has 0 amide bonds. The van der Waals surface area contributed by atoms with Crippen LogP contribution in [-0.2, 0) is 13.0 Å². The maximum absolute atomic E-state index is 6.34. The van der Waals surface area contributed by atoms with Crippen LogP contribution >= 0.6 is 0 Å². The topological polar surface area (TPSA) is 43.8 Å². The number of hydrogen-bond acceptors (Lipinski definition) is 2. The minimum atomic E-state index is 0.0129. The average Bonchev–Trinajstić information content (AvgIpc) is 2.88. The molecule has 3 nitrogen and oxygen atoms in total. The minimum absolute atomic E-state index is 0.0129. The zero-order valence-corrected chi connectivity index (χ0v) is 12.5. The summed E-state index contributed by atoms with van der Waals surface area (Å²) < 4.78 is 2.20. The highest BCUT2D eigenvalue weighted by Crippen LogP contribution is 2.17. The van der Waals surface area contributed by atoms with E-state index in [0.717, 1.165) is 24.6 Å². The molecule has 1 heterocycles. The third-order valence-electron chi connectivity index (χ3n) is 3.60. The van der Waals surface area contributed by atoms with Crippen molar-refractivity contribution in [2.24, 2.45) is 11.7 Å². The molecule has 0 aliphatic rings. The zero-order valence-electron chi connectivity index (χ0n) is 12.5. The Bertz CT molecular complexity index is 502. The largest absolute Gasteiger partial charge is 0.333 e. The van der Waals surface area contributed by atoms with Crippen LogP contribution in [0.3, 0.4) is 0 Å². The first-order valence-electron chi connectivity index (χ1n) is 7.46. The summed E-state index contributed by atoms with van der Waals surface area (Å²) in [6.45, 7) is 5.53. The van der Waals surface area contributed by atoms with Gasteiger partial charge in [-0.05, 0) is 30.7 Å². The lowest BCUT2D eigenvalue weighted by Gasteiger charge is -2.15. The van der Waals surface area contributed by atoms with E-state index in [1.165, 1.54) is 18.4 Å². The highest BCUT2D eigenvalue weighted by Gasteiger charge is 2.12. The molecule has 1 aromatic carbocycles. The molecule has 3 heteroatoms. The van der Waals surface area contributed by atoms with Crippen LogP contribution in [0.25, 0.3) is 0 Å². The second-order valence-corrected chi connectivity index (χ2v) is 5.84. The van der Waals surface area contributed by atoms with Crippen molar-refractivity contribution in [3.63, 3.8) is 0 Å². The van der Waals surface area contributed by atoms with E-state index in [9.17, 15) is 0 Å². The van der Waals surface area contributed by atoms with Crippen LogP contribution in [0.2, 0.25) is 0 Å². The standard InChI is InChI=1S/C17H25N3/c1-14(2)7-6-10-20-13-19-12-17(20)16(18)11-15-8-4-3-5-9-15/h3-5,8-9,12-14,16H,6-7,10-11,18H2,1-2H3/t16-/m1/s1. The van der Waals surface area contributed by atoms with E-state index in [2.05, 4.69) is 47.7 Å². The van der Waals surface area contributed by atoms with E-state index >= 15 is 0 Å². The molecule has 0 spiro atoms. The lowest BCUT2D eigenvalue weighted by molar-refractivity contribution is 0.496. The summed E-state index contributed by atoms with van der Waals surface area (Å²) in [7, 11) is 0. The number of rotatable bonds is 7. The number of aromatic nitrogens is 2. The summed E-state index contributed by atoms with van der Waals surface area (Å²) in [5, 5.41) is 0. The molecule has 2 aromatic rings. The van der Waals surface area contributed by atoms with Crippen molar-refractivity contribution in [3.05, 3.63) is 54.1 Å². The van der Waals surface area contributed by atoms with Gasteiger partial charge in [-0.25, -0.2) is 4.98 Å². The van der Waals surface area contributed by atoms with Crippen LogP contribution in [0.5, 0.6) is 0 Å². The summed E-state index contributed by atoms with van der Waals surface area (Å²) in [5.41, 5.74) is 8.75. The highest BCUT2D eigenvalue weighted by molar-refractivity contribution is 5.18. The fourth-order valence-electron chi connectivity index (χ4n) is 2.47. The van der Waals surface area contributed by atoms with E-state index in [1.54, 1.807) is 0 Å². The van der Waals surface area contributed by atoms with Gasteiger partial charge in [0.2, 0.25) is 0 Å². The van der Waals surface area contributed by atoms with Crippen LogP contribution in [0.4, 0.5) is 0 Å². The van der Waals surface area contributed by atoms with Crippen LogP contribution in [-0.4, -0.2) is 9.55 Å². The molecule has 0 fully saturated rings. The maximum atomic E-state index is 6.34. The number of hydrogen-bond donors (Lipinski definition) is 1. The first-order chi connectivity index (χ1) is 9.66. The van der Waals surface area contributed by atoms with Crippen molar-refractivity contribution in [2.75, 3.05) is 0 Å². The Morgan fingerprint density at radius 1 is 1.20 bits per heavy atom. The highest BCUT2D eigenvalue weighted by atomic mass is 15.1. The van der Waals surface area contributed by atoms with E-state index in [4.69, 9.17) is 5.73 Å². The molecule has 0 unspecified atom stereocenters. The van der Waals surface area contributed by atoms with Crippen molar-refractivity contribution < 1.29 is 0 Å². The molecule has 1 aromatic heterocycles. The molecule has 1 atom stereocenters. The van der Waals surface area contributed by atoms with E-state index in [0.29, 0.717) is 0 Å². The summed E-state index contributed by atoms with van der Waals surface area (Å²) in [6.07, 6.45) is 7.09.